The van der Waals surface area contributed by atoms with E-state index in [1.54, 1.807) is 72.8 Å². The van der Waals surface area contributed by atoms with Crippen LogP contribution in [0.3, 0.4) is 0 Å². The van der Waals surface area contributed by atoms with Crippen molar-refractivity contribution in [2.45, 2.75) is 65.0 Å². The van der Waals surface area contributed by atoms with Crippen molar-refractivity contribution in [1.29, 1.82) is 0 Å². The zero-order valence-electron chi connectivity index (χ0n) is 28.9. The van der Waals surface area contributed by atoms with Crippen molar-refractivity contribution >= 4 is 11.9 Å². The van der Waals surface area contributed by atoms with Gasteiger partial charge in [-0.15, -0.1) is 13.2 Å². The first-order chi connectivity index (χ1) is 24.3. The quantitative estimate of drug-likeness (QED) is 0.0446. The lowest BCUT2D eigenvalue weighted by Crippen LogP contribution is -2.20. The first kappa shape index (κ1) is 36.1. The molecule has 5 rings (SSSR count). The maximum Gasteiger partial charge on any atom is 0.343 e. The highest BCUT2D eigenvalue weighted by Gasteiger charge is 2.27. The fourth-order valence-electron chi connectivity index (χ4n) is 5.73. The zero-order valence-corrected chi connectivity index (χ0v) is 28.9. The lowest BCUT2D eigenvalue weighted by Gasteiger charge is -2.18. The van der Waals surface area contributed by atoms with E-state index in [9.17, 15) is 9.59 Å². The minimum Gasteiger partial charge on any atom is -0.465 e. The van der Waals surface area contributed by atoms with Gasteiger partial charge in [0.2, 0.25) is 0 Å². The number of esters is 2. The summed E-state index contributed by atoms with van der Waals surface area (Å²) in [5.41, 5.74) is 4.93. The van der Waals surface area contributed by atoms with Crippen molar-refractivity contribution in [3.8, 4) is 34.1 Å². The monoisotopic (exact) mass is 676 g/mol. The highest BCUT2D eigenvalue weighted by atomic mass is 16.7. The van der Waals surface area contributed by atoms with E-state index in [1.807, 2.05) is 24.3 Å². The minimum atomic E-state index is -0.469. The molecule has 0 aliphatic heterocycles. The molecule has 4 aromatic carbocycles. The Morgan fingerprint density at radius 1 is 0.620 bits per heavy atom. The second kappa shape index (κ2) is 17.5. The van der Waals surface area contributed by atoms with E-state index >= 15 is 0 Å². The van der Waals surface area contributed by atoms with Gasteiger partial charge in [-0.25, -0.2) is 9.59 Å². The normalized spacial score (nSPS) is 14.1. The van der Waals surface area contributed by atoms with E-state index in [-0.39, 0.29) is 18.5 Å². The fraction of sp³-hybridized carbons (Fsp3) is 0.286. The SMILES string of the molecule is C=CCOC(CCC)Oc1ccc(C(=O)Oc2ccc3c(c2)C(C)c2cc(OC(=O)c4ccc(OC(CCC)OCC=C)cc4)ccc2-3)cc1. The molecule has 4 aromatic rings. The molecule has 1 aliphatic rings. The van der Waals surface area contributed by atoms with Gasteiger partial charge in [-0.3, -0.25) is 0 Å². The third kappa shape index (κ3) is 9.08. The zero-order chi connectivity index (χ0) is 35.5. The van der Waals surface area contributed by atoms with Gasteiger partial charge < -0.3 is 28.4 Å². The largest absolute Gasteiger partial charge is 0.465 e. The maximum atomic E-state index is 13.0. The summed E-state index contributed by atoms with van der Waals surface area (Å²) in [7, 11) is 0. The summed E-state index contributed by atoms with van der Waals surface area (Å²) in [4.78, 5) is 26.0. The summed E-state index contributed by atoms with van der Waals surface area (Å²) in [5.74, 6) is 1.15. The van der Waals surface area contributed by atoms with E-state index in [1.165, 1.54) is 0 Å². The number of carbonyl (C=O) groups excluding carboxylic acids is 2. The lowest BCUT2D eigenvalue weighted by atomic mass is 9.99. The summed E-state index contributed by atoms with van der Waals surface area (Å²) < 4.78 is 34.7. The molecule has 0 spiro atoms. The van der Waals surface area contributed by atoms with Crippen LogP contribution in [0, 0.1) is 0 Å². The number of rotatable bonds is 18. The van der Waals surface area contributed by atoms with Crippen molar-refractivity contribution < 1.29 is 38.0 Å². The Bertz CT molecular complexity index is 1650. The van der Waals surface area contributed by atoms with Gasteiger partial charge in [0.05, 0.1) is 24.3 Å². The molecule has 2 unspecified atom stereocenters. The second-order valence-corrected chi connectivity index (χ2v) is 12.0. The smallest absolute Gasteiger partial charge is 0.343 e. The Balaban J connectivity index is 1.20. The molecule has 0 fully saturated rings. The first-order valence-electron chi connectivity index (χ1n) is 17.0. The van der Waals surface area contributed by atoms with Crippen molar-refractivity contribution in [1.82, 2.24) is 0 Å². The molecule has 0 heterocycles. The van der Waals surface area contributed by atoms with Gasteiger partial charge in [-0.05, 0) is 95.1 Å². The topological polar surface area (TPSA) is 89.5 Å². The lowest BCUT2D eigenvalue weighted by molar-refractivity contribution is -0.0741. The number of carbonyl (C=O) groups is 2. The molecule has 0 saturated carbocycles. The van der Waals surface area contributed by atoms with Gasteiger partial charge in [0, 0.05) is 18.8 Å². The summed E-state index contributed by atoms with van der Waals surface area (Å²) in [5, 5.41) is 0. The van der Waals surface area contributed by atoms with Crippen molar-refractivity contribution in [3.05, 3.63) is 132 Å². The van der Waals surface area contributed by atoms with E-state index in [0.29, 0.717) is 47.3 Å². The molecule has 0 aromatic heterocycles. The van der Waals surface area contributed by atoms with Crippen LogP contribution in [-0.2, 0) is 9.47 Å². The van der Waals surface area contributed by atoms with Crippen LogP contribution in [0.1, 0.15) is 84.2 Å². The minimum absolute atomic E-state index is 0.0103. The van der Waals surface area contributed by atoms with E-state index in [2.05, 4.69) is 33.9 Å². The Labute approximate surface area is 294 Å². The van der Waals surface area contributed by atoms with Crippen LogP contribution in [0.5, 0.6) is 23.0 Å². The molecule has 0 bridgehead atoms. The van der Waals surface area contributed by atoms with Gasteiger partial charge >= 0.3 is 11.9 Å². The highest BCUT2D eigenvalue weighted by molar-refractivity contribution is 5.92. The summed E-state index contributed by atoms with van der Waals surface area (Å²) in [6.07, 6.45) is 5.89. The Morgan fingerprint density at radius 3 is 1.36 bits per heavy atom. The molecule has 0 radical (unpaired) electrons. The number of fused-ring (bicyclic) bond motifs is 3. The average molecular weight is 677 g/mol. The Morgan fingerprint density at radius 2 is 1.00 bits per heavy atom. The number of hydrogen-bond acceptors (Lipinski definition) is 8. The van der Waals surface area contributed by atoms with E-state index in [0.717, 1.165) is 47.9 Å². The van der Waals surface area contributed by atoms with Crippen LogP contribution in [0.2, 0.25) is 0 Å². The molecule has 2 atom stereocenters. The molecule has 1 aliphatic carbocycles. The van der Waals surface area contributed by atoms with Crippen LogP contribution < -0.4 is 18.9 Å². The molecule has 0 N–H and O–H groups in total. The molecule has 8 nitrogen and oxygen atoms in total. The first-order valence-corrected chi connectivity index (χ1v) is 17.0. The van der Waals surface area contributed by atoms with E-state index < -0.39 is 11.9 Å². The molecular weight excluding hydrogens is 632 g/mol. The Kier molecular flexibility index (Phi) is 12.6. The van der Waals surface area contributed by atoms with Gasteiger partial charge in [0.15, 0.2) is 12.6 Å². The maximum absolute atomic E-state index is 13.0. The number of benzene rings is 4. The average Bonchev–Trinajstić information content (AvgIpc) is 3.40. The summed E-state index contributed by atoms with van der Waals surface area (Å²) in [6.45, 7) is 14.4. The molecule has 8 heteroatoms. The van der Waals surface area contributed by atoms with Crippen molar-refractivity contribution in [3.63, 3.8) is 0 Å². The number of ether oxygens (including phenoxy) is 6. The van der Waals surface area contributed by atoms with Crippen LogP contribution in [-0.4, -0.2) is 37.7 Å². The third-order valence-corrected chi connectivity index (χ3v) is 8.25. The van der Waals surface area contributed by atoms with Crippen LogP contribution >= 0.6 is 0 Å². The van der Waals surface area contributed by atoms with Crippen molar-refractivity contribution in [2.24, 2.45) is 0 Å². The number of hydrogen-bond donors (Lipinski definition) is 0. The van der Waals surface area contributed by atoms with Crippen LogP contribution in [0.25, 0.3) is 11.1 Å². The standard InChI is InChI=1S/C42H44O8/c1-6-10-39(45-24-8-3)47-31-16-12-29(13-17-31)41(43)49-33-20-22-35-36-23-21-34(27-38(36)28(5)37(35)26-33)50-42(44)30-14-18-32(19-15-30)48-40(11-7-2)46-25-9-4/h8-9,12-23,26-28,39-40H,3-4,6-7,10-11,24-25H2,1-2,5H3. The highest BCUT2D eigenvalue weighted by Crippen LogP contribution is 2.47. The van der Waals surface area contributed by atoms with Gasteiger partial charge in [-0.2, -0.15) is 0 Å². The van der Waals surface area contributed by atoms with Gasteiger partial charge in [0.25, 0.3) is 0 Å². The predicted octanol–water partition coefficient (Wildman–Crippen LogP) is 9.67. The molecule has 260 valence electrons. The molecule has 50 heavy (non-hydrogen) atoms. The summed E-state index contributed by atoms with van der Waals surface area (Å²) in [6, 6.07) is 24.9. The molecular formula is C42H44O8. The molecule has 0 amide bonds. The third-order valence-electron chi connectivity index (χ3n) is 8.25. The Hall–Kier alpha value is -5.18. The van der Waals surface area contributed by atoms with Crippen LogP contribution in [0.4, 0.5) is 0 Å². The fourth-order valence-corrected chi connectivity index (χ4v) is 5.73. The molecule has 0 saturated heterocycles. The van der Waals surface area contributed by atoms with Crippen molar-refractivity contribution in [2.75, 3.05) is 13.2 Å². The van der Waals surface area contributed by atoms with Gasteiger partial charge in [-0.1, -0.05) is 57.9 Å². The summed E-state index contributed by atoms with van der Waals surface area (Å²) >= 11 is 0. The van der Waals surface area contributed by atoms with E-state index in [4.69, 9.17) is 28.4 Å². The van der Waals surface area contributed by atoms with Gasteiger partial charge in [0.1, 0.15) is 23.0 Å². The predicted molar refractivity (Wildman–Crippen MR) is 193 cm³/mol. The second-order valence-electron chi connectivity index (χ2n) is 12.0. The van der Waals surface area contributed by atoms with Crippen LogP contribution in [0.15, 0.2) is 110 Å².